The van der Waals surface area contributed by atoms with E-state index in [1.54, 1.807) is 12.1 Å². The van der Waals surface area contributed by atoms with Crippen LogP contribution in [0, 0.1) is 17.5 Å². The van der Waals surface area contributed by atoms with Crippen LogP contribution >= 0.6 is 0 Å². The fraction of sp³-hybridized carbons (Fsp3) is 0.188. The third-order valence-electron chi connectivity index (χ3n) is 3.58. The fourth-order valence-electron chi connectivity index (χ4n) is 2.46. The van der Waals surface area contributed by atoms with Crippen LogP contribution in [0.2, 0.25) is 0 Å². The topological polar surface area (TPSA) is 23.6 Å². The van der Waals surface area contributed by atoms with E-state index < -0.39 is 11.6 Å². The number of rotatable bonds is 3. The Hall–Kier alpha value is -2.50. The maximum atomic E-state index is 13.8. The summed E-state index contributed by atoms with van der Waals surface area (Å²) in [5.74, 6) is -1.79. The number of hydrogen-bond donors (Lipinski definition) is 0. The zero-order chi connectivity index (χ0) is 15.7. The van der Waals surface area contributed by atoms with Crippen molar-refractivity contribution >= 4 is 11.7 Å². The van der Waals surface area contributed by atoms with E-state index in [-0.39, 0.29) is 17.5 Å². The highest BCUT2D eigenvalue weighted by molar-refractivity contribution is 5.94. The summed E-state index contributed by atoms with van der Waals surface area (Å²) in [5, 5.41) is 0. The lowest BCUT2D eigenvalue weighted by Gasteiger charge is -2.19. The molecule has 1 fully saturated rings. The van der Waals surface area contributed by atoms with Gasteiger partial charge in [0.05, 0.1) is 5.69 Å². The van der Waals surface area contributed by atoms with Crippen LogP contribution in [0.25, 0.3) is 0 Å². The molecule has 3 nitrogen and oxygen atoms in total. The maximum absolute atomic E-state index is 13.8. The van der Waals surface area contributed by atoms with Gasteiger partial charge in [-0.05, 0) is 29.8 Å². The largest absolute Gasteiger partial charge is 0.325 e. The van der Waals surface area contributed by atoms with Crippen molar-refractivity contribution in [2.24, 2.45) is 0 Å². The predicted molar refractivity (Wildman–Crippen MR) is 75.9 cm³/mol. The number of carbonyl (C=O) groups is 1. The second kappa shape index (κ2) is 5.71. The average Bonchev–Trinajstić information content (AvgIpc) is 2.83. The number of urea groups is 1. The second-order valence-electron chi connectivity index (χ2n) is 5.08. The van der Waals surface area contributed by atoms with Crippen molar-refractivity contribution in [1.82, 2.24) is 4.90 Å². The van der Waals surface area contributed by atoms with Crippen molar-refractivity contribution < 1.29 is 18.0 Å². The molecule has 0 radical (unpaired) electrons. The lowest BCUT2D eigenvalue weighted by atomic mass is 10.2. The minimum absolute atomic E-state index is 0.0630. The minimum Gasteiger partial charge on any atom is -0.318 e. The van der Waals surface area contributed by atoms with Crippen LogP contribution in [0.3, 0.4) is 0 Å². The number of carbonyl (C=O) groups excluding carboxylic acids is 1. The van der Waals surface area contributed by atoms with Crippen molar-refractivity contribution in [3.8, 4) is 0 Å². The molecule has 0 aliphatic carbocycles. The van der Waals surface area contributed by atoms with E-state index in [2.05, 4.69) is 0 Å². The van der Waals surface area contributed by atoms with Crippen molar-refractivity contribution in [2.75, 3.05) is 18.0 Å². The summed E-state index contributed by atoms with van der Waals surface area (Å²) in [6.07, 6.45) is 0. The van der Waals surface area contributed by atoms with E-state index in [1.807, 2.05) is 0 Å². The first-order valence-electron chi connectivity index (χ1n) is 6.80. The zero-order valence-electron chi connectivity index (χ0n) is 11.6. The highest BCUT2D eigenvalue weighted by Crippen LogP contribution is 2.25. The first kappa shape index (κ1) is 14.4. The van der Waals surface area contributed by atoms with Gasteiger partial charge >= 0.3 is 6.03 Å². The van der Waals surface area contributed by atoms with Crippen LogP contribution < -0.4 is 4.90 Å². The molecule has 22 heavy (non-hydrogen) atoms. The maximum Gasteiger partial charge on any atom is 0.325 e. The molecular formula is C16H13F3N2O. The van der Waals surface area contributed by atoms with E-state index in [0.29, 0.717) is 19.6 Å². The molecule has 0 atom stereocenters. The van der Waals surface area contributed by atoms with E-state index in [1.165, 1.54) is 28.0 Å². The van der Waals surface area contributed by atoms with Crippen molar-refractivity contribution in [3.05, 3.63) is 65.5 Å². The Morgan fingerprint density at radius 1 is 0.909 bits per heavy atom. The van der Waals surface area contributed by atoms with Gasteiger partial charge in [-0.3, -0.25) is 4.90 Å². The van der Waals surface area contributed by atoms with Crippen LogP contribution in [0.15, 0.2) is 42.5 Å². The Balaban J connectivity index is 1.75. The molecule has 2 amide bonds. The molecule has 0 spiro atoms. The highest BCUT2D eigenvalue weighted by Gasteiger charge is 2.31. The summed E-state index contributed by atoms with van der Waals surface area (Å²) in [6, 6.07) is 8.63. The molecule has 2 aromatic carbocycles. The molecule has 0 bridgehead atoms. The molecule has 6 heteroatoms. The lowest BCUT2D eigenvalue weighted by molar-refractivity contribution is 0.218. The van der Waals surface area contributed by atoms with Gasteiger partial charge in [-0.2, -0.15) is 0 Å². The summed E-state index contributed by atoms with van der Waals surface area (Å²) in [6.45, 7) is 1.06. The first-order valence-corrected chi connectivity index (χ1v) is 6.80. The number of amides is 2. The predicted octanol–water partition coefficient (Wildman–Crippen LogP) is 3.55. The fourth-order valence-corrected chi connectivity index (χ4v) is 2.46. The number of anilines is 1. The summed E-state index contributed by atoms with van der Waals surface area (Å²) in [4.78, 5) is 15.1. The molecule has 3 rings (SSSR count). The van der Waals surface area contributed by atoms with Gasteiger partial charge in [0.15, 0.2) is 0 Å². The Morgan fingerprint density at radius 2 is 1.59 bits per heavy atom. The van der Waals surface area contributed by atoms with Gasteiger partial charge in [0.25, 0.3) is 0 Å². The number of halogens is 3. The van der Waals surface area contributed by atoms with E-state index in [0.717, 1.165) is 17.7 Å². The molecule has 1 aliphatic rings. The van der Waals surface area contributed by atoms with Crippen LogP contribution in [0.5, 0.6) is 0 Å². The Bertz CT molecular complexity index is 703. The van der Waals surface area contributed by atoms with Crippen LogP contribution in [-0.4, -0.2) is 24.0 Å². The number of benzene rings is 2. The van der Waals surface area contributed by atoms with Crippen LogP contribution in [0.4, 0.5) is 23.7 Å². The lowest BCUT2D eigenvalue weighted by Crippen LogP contribution is -2.32. The molecular weight excluding hydrogens is 293 g/mol. The first-order chi connectivity index (χ1) is 10.5. The standard InChI is InChI=1S/C16H13F3N2O/c17-12-3-1-11(2-4-12)10-20-7-8-21(16(20)22)15-6-5-13(18)9-14(15)19/h1-6,9H,7-8,10H2. The Kier molecular flexibility index (Phi) is 3.75. The second-order valence-corrected chi connectivity index (χ2v) is 5.08. The zero-order valence-corrected chi connectivity index (χ0v) is 11.6. The molecule has 0 unspecified atom stereocenters. The molecule has 1 saturated heterocycles. The van der Waals surface area contributed by atoms with Gasteiger partial charge in [0.1, 0.15) is 17.5 Å². The van der Waals surface area contributed by atoms with Gasteiger partial charge in [0.2, 0.25) is 0 Å². The van der Waals surface area contributed by atoms with Crippen molar-refractivity contribution in [2.45, 2.75) is 6.54 Å². The number of nitrogens with zero attached hydrogens (tertiary/aromatic N) is 2. The summed E-state index contributed by atoms with van der Waals surface area (Å²) in [5.41, 5.74) is 0.851. The third-order valence-corrected chi connectivity index (χ3v) is 3.58. The van der Waals surface area contributed by atoms with Crippen LogP contribution in [0.1, 0.15) is 5.56 Å². The van der Waals surface area contributed by atoms with Gasteiger partial charge in [-0.1, -0.05) is 12.1 Å². The van der Waals surface area contributed by atoms with Crippen molar-refractivity contribution in [1.29, 1.82) is 0 Å². The third kappa shape index (κ3) is 2.77. The summed E-state index contributed by atoms with van der Waals surface area (Å²) < 4.78 is 39.6. The Labute approximate surface area is 125 Å². The molecule has 1 heterocycles. The molecule has 0 saturated carbocycles. The SMILES string of the molecule is O=C1N(Cc2ccc(F)cc2)CCN1c1ccc(F)cc1F. The smallest absolute Gasteiger partial charge is 0.318 e. The van der Waals surface area contributed by atoms with Crippen LogP contribution in [-0.2, 0) is 6.54 Å². The molecule has 2 aromatic rings. The summed E-state index contributed by atoms with van der Waals surface area (Å²) in [7, 11) is 0. The van der Waals surface area contributed by atoms with Gasteiger partial charge in [-0.15, -0.1) is 0 Å². The van der Waals surface area contributed by atoms with Gasteiger partial charge < -0.3 is 4.90 Å². The normalized spacial score (nSPS) is 14.8. The van der Waals surface area contributed by atoms with Crippen molar-refractivity contribution in [3.63, 3.8) is 0 Å². The number of hydrogen-bond acceptors (Lipinski definition) is 1. The molecule has 1 aliphatic heterocycles. The minimum atomic E-state index is -0.767. The average molecular weight is 306 g/mol. The Morgan fingerprint density at radius 3 is 2.27 bits per heavy atom. The summed E-state index contributed by atoms with van der Waals surface area (Å²) >= 11 is 0. The van der Waals surface area contributed by atoms with E-state index in [9.17, 15) is 18.0 Å². The highest BCUT2D eigenvalue weighted by atomic mass is 19.1. The molecule has 0 aromatic heterocycles. The molecule has 114 valence electrons. The van der Waals surface area contributed by atoms with E-state index >= 15 is 0 Å². The van der Waals surface area contributed by atoms with Gasteiger partial charge in [-0.25, -0.2) is 18.0 Å². The van der Waals surface area contributed by atoms with E-state index in [4.69, 9.17) is 0 Å². The molecule has 0 N–H and O–H groups in total. The van der Waals surface area contributed by atoms with Gasteiger partial charge in [0, 0.05) is 25.7 Å². The monoisotopic (exact) mass is 306 g/mol. The quantitative estimate of drug-likeness (QED) is 0.850.